The molecule has 7 nitrogen and oxygen atoms in total. The third-order valence-corrected chi connectivity index (χ3v) is 5.19. The molecule has 3 rings (SSSR count). The first-order chi connectivity index (χ1) is 13.0. The zero-order valence-corrected chi connectivity index (χ0v) is 16.1. The van der Waals surface area contributed by atoms with E-state index in [9.17, 15) is 14.4 Å². The zero-order chi connectivity index (χ0) is 19.6. The molecule has 0 saturated carbocycles. The maximum Gasteiger partial charge on any atom is 0.341 e. The number of amides is 1. The van der Waals surface area contributed by atoms with E-state index in [0.29, 0.717) is 22.6 Å². The number of fused-ring (bicyclic) bond motifs is 1. The number of aryl methyl sites for hydroxylation is 1. The number of anilines is 1. The summed E-state index contributed by atoms with van der Waals surface area (Å²) in [6.45, 7) is 5.78. The molecule has 0 aliphatic carbocycles. The molecular formula is C19H19N3O4S. The first-order valence-corrected chi connectivity index (χ1v) is 9.36. The Balaban J connectivity index is 2.01. The minimum atomic E-state index is -0.611. The molecule has 140 valence electrons. The summed E-state index contributed by atoms with van der Waals surface area (Å²) in [5.74, 6) is -1.09. The Hall–Kier alpha value is -3.00. The van der Waals surface area contributed by atoms with E-state index < -0.39 is 17.4 Å². The third-order valence-electron chi connectivity index (χ3n) is 4.13. The van der Waals surface area contributed by atoms with Crippen molar-refractivity contribution in [1.29, 1.82) is 0 Å². The average Bonchev–Trinajstić information content (AvgIpc) is 2.97. The number of hydrogen-bond donors (Lipinski definition) is 1. The molecule has 0 aliphatic rings. The lowest BCUT2D eigenvalue weighted by atomic mass is 10.1. The maximum absolute atomic E-state index is 12.7. The standard InChI is InChI=1S/C19H19N3O4S/c1-4-12-11(3)27-17(15(12)19(25)26-5-2)21-16(23)13-10-20-14-8-6-7-9-22(14)18(13)24/h6-10H,4-5H2,1-3H3,(H,21,23). The van der Waals surface area contributed by atoms with Gasteiger partial charge >= 0.3 is 5.97 Å². The molecular weight excluding hydrogens is 366 g/mol. The highest BCUT2D eigenvalue weighted by Gasteiger charge is 2.24. The normalized spacial score (nSPS) is 10.8. The third kappa shape index (κ3) is 3.48. The SMILES string of the molecule is CCOC(=O)c1c(NC(=O)c2cnc3ccccn3c2=O)sc(C)c1CC. The largest absolute Gasteiger partial charge is 0.462 e. The van der Waals surface area contributed by atoms with Crippen LogP contribution in [0.15, 0.2) is 35.4 Å². The molecule has 27 heavy (non-hydrogen) atoms. The van der Waals surface area contributed by atoms with Crippen molar-refractivity contribution in [2.24, 2.45) is 0 Å². The van der Waals surface area contributed by atoms with E-state index >= 15 is 0 Å². The van der Waals surface area contributed by atoms with E-state index in [1.165, 1.54) is 21.9 Å². The van der Waals surface area contributed by atoms with Crippen LogP contribution in [0.4, 0.5) is 5.00 Å². The predicted octanol–water partition coefficient (Wildman–Crippen LogP) is 3.06. The Bertz CT molecular complexity index is 1080. The predicted molar refractivity (Wildman–Crippen MR) is 104 cm³/mol. The number of thiophene rings is 1. The first kappa shape index (κ1) is 18.8. The van der Waals surface area contributed by atoms with Crippen molar-refractivity contribution in [2.45, 2.75) is 27.2 Å². The van der Waals surface area contributed by atoms with E-state index in [-0.39, 0.29) is 12.2 Å². The molecule has 0 radical (unpaired) electrons. The van der Waals surface area contributed by atoms with Crippen LogP contribution in [0.3, 0.4) is 0 Å². The number of nitrogens with one attached hydrogen (secondary N) is 1. The molecule has 0 aromatic carbocycles. The fourth-order valence-electron chi connectivity index (χ4n) is 2.86. The molecule has 0 bridgehead atoms. The first-order valence-electron chi connectivity index (χ1n) is 8.55. The average molecular weight is 385 g/mol. The maximum atomic E-state index is 12.7. The molecule has 8 heteroatoms. The van der Waals surface area contributed by atoms with Gasteiger partial charge in [0, 0.05) is 17.3 Å². The van der Waals surface area contributed by atoms with Gasteiger partial charge in [0.1, 0.15) is 16.2 Å². The summed E-state index contributed by atoms with van der Waals surface area (Å²) >= 11 is 1.29. The number of pyridine rings is 1. The van der Waals surface area contributed by atoms with Crippen LogP contribution in [0.25, 0.3) is 5.65 Å². The number of esters is 1. The summed E-state index contributed by atoms with van der Waals surface area (Å²) in [7, 11) is 0. The Morgan fingerprint density at radius 3 is 2.78 bits per heavy atom. The lowest BCUT2D eigenvalue weighted by Crippen LogP contribution is -2.26. The molecule has 0 aliphatic heterocycles. The highest BCUT2D eigenvalue weighted by molar-refractivity contribution is 7.16. The molecule has 3 aromatic rings. The van der Waals surface area contributed by atoms with Crippen molar-refractivity contribution < 1.29 is 14.3 Å². The van der Waals surface area contributed by atoms with Gasteiger partial charge in [-0.05, 0) is 38.0 Å². The van der Waals surface area contributed by atoms with Crippen LogP contribution in [-0.4, -0.2) is 27.9 Å². The second-order valence-electron chi connectivity index (χ2n) is 5.77. The number of nitrogens with zero attached hydrogens (tertiary/aromatic N) is 2. The highest BCUT2D eigenvalue weighted by Crippen LogP contribution is 2.34. The summed E-state index contributed by atoms with van der Waals surface area (Å²) in [5, 5.41) is 3.07. The van der Waals surface area contributed by atoms with E-state index in [1.54, 1.807) is 31.3 Å². The monoisotopic (exact) mass is 385 g/mol. The fourth-order valence-corrected chi connectivity index (χ4v) is 3.99. The van der Waals surface area contributed by atoms with Gasteiger partial charge < -0.3 is 10.1 Å². The van der Waals surface area contributed by atoms with Crippen molar-refractivity contribution in [1.82, 2.24) is 9.38 Å². The zero-order valence-electron chi connectivity index (χ0n) is 15.2. The van der Waals surface area contributed by atoms with Crippen molar-refractivity contribution in [3.8, 4) is 0 Å². The van der Waals surface area contributed by atoms with Gasteiger partial charge in [-0.3, -0.25) is 14.0 Å². The molecule has 1 N–H and O–H groups in total. The Morgan fingerprint density at radius 2 is 2.07 bits per heavy atom. The van der Waals surface area contributed by atoms with Crippen LogP contribution in [-0.2, 0) is 11.2 Å². The number of rotatable bonds is 5. The van der Waals surface area contributed by atoms with E-state index in [4.69, 9.17) is 4.74 Å². The summed E-state index contributed by atoms with van der Waals surface area (Å²) in [4.78, 5) is 42.7. The van der Waals surface area contributed by atoms with E-state index in [2.05, 4.69) is 10.3 Å². The molecule has 0 spiro atoms. The minimum Gasteiger partial charge on any atom is -0.462 e. The quantitative estimate of drug-likeness (QED) is 0.682. The molecule has 0 fully saturated rings. The number of ether oxygens (including phenoxy) is 1. The van der Waals surface area contributed by atoms with Gasteiger partial charge in [-0.15, -0.1) is 11.3 Å². The number of carbonyl (C=O) groups is 2. The van der Waals surface area contributed by atoms with E-state index in [0.717, 1.165) is 10.4 Å². The van der Waals surface area contributed by atoms with Crippen molar-refractivity contribution in [3.05, 3.63) is 62.5 Å². The summed E-state index contributed by atoms with van der Waals surface area (Å²) in [6, 6.07) is 5.12. The van der Waals surface area contributed by atoms with Crippen LogP contribution >= 0.6 is 11.3 Å². The van der Waals surface area contributed by atoms with Crippen molar-refractivity contribution in [3.63, 3.8) is 0 Å². The van der Waals surface area contributed by atoms with Crippen LogP contribution in [0.2, 0.25) is 0 Å². The fraction of sp³-hybridized carbons (Fsp3) is 0.263. The molecule has 3 heterocycles. The summed E-state index contributed by atoms with van der Waals surface area (Å²) < 4.78 is 6.44. The molecule has 0 unspecified atom stereocenters. The van der Waals surface area contributed by atoms with Gasteiger partial charge in [0.25, 0.3) is 11.5 Å². The molecule has 1 amide bonds. The lowest BCUT2D eigenvalue weighted by molar-refractivity contribution is 0.0527. The second-order valence-corrected chi connectivity index (χ2v) is 7.00. The molecule has 0 saturated heterocycles. The second kappa shape index (κ2) is 7.71. The van der Waals surface area contributed by atoms with Crippen LogP contribution in [0, 0.1) is 6.92 Å². The smallest absolute Gasteiger partial charge is 0.341 e. The molecule has 0 atom stereocenters. The van der Waals surface area contributed by atoms with Crippen LogP contribution in [0.1, 0.15) is 45.0 Å². The Labute approximate surface area is 159 Å². The van der Waals surface area contributed by atoms with Gasteiger partial charge in [0.15, 0.2) is 0 Å². The molecule has 3 aromatic heterocycles. The van der Waals surface area contributed by atoms with E-state index in [1.807, 2.05) is 13.8 Å². The Kier molecular flexibility index (Phi) is 5.36. The summed E-state index contributed by atoms with van der Waals surface area (Å²) in [5.41, 5.74) is 1.06. The summed E-state index contributed by atoms with van der Waals surface area (Å²) in [6.07, 6.45) is 3.43. The number of carbonyl (C=O) groups excluding carboxylic acids is 2. The minimum absolute atomic E-state index is 0.0994. The van der Waals surface area contributed by atoms with Gasteiger partial charge in [0.2, 0.25) is 0 Å². The number of hydrogen-bond acceptors (Lipinski definition) is 6. The van der Waals surface area contributed by atoms with Crippen LogP contribution < -0.4 is 10.9 Å². The van der Waals surface area contributed by atoms with Gasteiger partial charge in [-0.1, -0.05) is 13.0 Å². The van der Waals surface area contributed by atoms with Crippen LogP contribution in [0.5, 0.6) is 0 Å². The van der Waals surface area contributed by atoms with Crippen molar-refractivity contribution in [2.75, 3.05) is 11.9 Å². The Morgan fingerprint density at radius 1 is 1.30 bits per heavy atom. The highest BCUT2D eigenvalue weighted by atomic mass is 32.1. The van der Waals surface area contributed by atoms with Gasteiger partial charge in [-0.2, -0.15) is 0 Å². The number of aromatic nitrogens is 2. The van der Waals surface area contributed by atoms with Crippen molar-refractivity contribution >= 4 is 33.9 Å². The topological polar surface area (TPSA) is 89.8 Å². The van der Waals surface area contributed by atoms with Gasteiger partial charge in [0.05, 0.1) is 12.2 Å². The van der Waals surface area contributed by atoms with Gasteiger partial charge in [-0.25, -0.2) is 9.78 Å². The lowest BCUT2D eigenvalue weighted by Gasteiger charge is -2.08.